The Kier molecular flexibility index (Phi) is 7.67. The average Bonchev–Trinajstić information content (AvgIpc) is 2.75. The lowest BCUT2D eigenvalue weighted by Gasteiger charge is -2.20. The van der Waals surface area contributed by atoms with E-state index < -0.39 is 0 Å². The van der Waals surface area contributed by atoms with Gasteiger partial charge in [0.1, 0.15) is 0 Å². The van der Waals surface area contributed by atoms with Crippen LogP contribution >= 0.6 is 0 Å². The van der Waals surface area contributed by atoms with Crippen LogP contribution in [0.3, 0.4) is 0 Å². The Morgan fingerprint density at radius 2 is 2.05 bits per heavy atom. The normalized spacial score (nSPS) is 11.6. The summed E-state index contributed by atoms with van der Waals surface area (Å²) < 4.78 is 2.25. The van der Waals surface area contributed by atoms with Crippen molar-refractivity contribution in [3.63, 3.8) is 0 Å². The van der Waals surface area contributed by atoms with E-state index in [2.05, 4.69) is 60.7 Å². The molecule has 0 spiro atoms. The van der Waals surface area contributed by atoms with Crippen LogP contribution < -0.4 is 5.32 Å². The number of aryl methyl sites for hydroxylation is 2. The molecule has 0 aliphatic rings. The predicted molar refractivity (Wildman–Crippen MR) is 87.4 cm³/mol. The van der Waals surface area contributed by atoms with Crippen molar-refractivity contribution in [2.75, 3.05) is 25.5 Å². The molecule has 0 saturated heterocycles. The summed E-state index contributed by atoms with van der Waals surface area (Å²) in [6.07, 6.45) is 7.00. The fourth-order valence-corrected chi connectivity index (χ4v) is 2.13. The van der Waals surface area contributed by atoms with Gasteiger partial charge < -0.3 is 14.8 Å². The van der Waals surface area contributed by atoms with Crippen molar-refractivity contribution in [2.45, 2.75) is 66.0 Å². The van der Waals surface area contributed by atoms with Crippen LogP contribution in [-0.4, -0.2) is 40.6 Å². The van der Waals surface area contributed by atoms with Gasteiger partial charge in [-0.1, -0.05) is 13.3 Å². The molecule has 0 fully saturated rings. The Hall–Kier alpha value is -1.03. The predicted octanol–water partition coefficient (Wildman–Crippen LogP) is 3.52. The number of unbranched alkanes of at least 4 members (excludes halogenated alkanes) is 2. The van der Waals surface area contributed by atoms with Crippen molar-refractivity contribution in [3.8, 4) is 0 Å². The molecule has 0 radical (unpaired) electrons. The lowest BCUT2D eigenvalue weighted by Crippen LogP contribution is -2.27. The molecule has 1 heterocycles. The van der Waals surface area contributed by atoms with E-state index in [1.54, 1.807) is 0 Å². The second kappa shape index (κ2) is 9.01. The van der Waals surface area contributed by atoms with Crippen LogP contribution in [0.2, 0.25) is 0 Å². The average molecular weight is 280 g/mol. The number of rotatable bonds is 10. The van der Waals surface area contributed by atoms with E-state index in [-0.39, 0.29) is 0 Å². The van der Waals surface area contributed by atoms with Gasteiger partial charge in [0.05, 0.1) is 5.69 Å². The molecule has 0 aliphatic heterocycles. The molecule has 0 aliphatic carbocycles. The highest BCUT2D eigenvalue weighted by Gasteiger charge is 2.05. The van der Waals surface area contributed by atoms with E-state index in [0.717, 1.165) is 24.7 Å². The van der Waals surface area contributed by atoms with Gasteiger partial charge in [-0.25, -0.2) is 4.98 Å². The zero-order valence-corrected chi connectivity index (χ0v) is 13.9. The van der Waals surface area contributed by atoms with E-state index in [1.165, 1.54) is 32.2 Å². The number of nitrogens with one attached hydrogen (secondary N) is 1. The van der Waals surface area contributed by atoms with Crippen LogP contribution in [0, 0.1) is 6.92 Å². The van der Waals surface area contributed by atoms with E-state index >= 15 is 0 Å². The third-order valence-corrected chi connectivity index (χ3v) is 3.75. The van der Waals surface area contributed by atoms with Crippen LogP contribution in [0.5, 0.6) is 0 Å². The summed E-state index contributed by atoms with van der Waals surface area (Å²) in [5, 5.41) is 3.48. The molecule has 0 saturated carbocycles. The van der Waals surface area contributed by atoms with Gasteiger partial charge in [0.2, 0.25) is 5.95 Å². The molecule has 0 atom stereocenters. The Bertz CT molecular complexity index is 371. The van der Waals surface area contributed by atoms with Gasteiger partial charge >= 0.3 is 0 Å². The molecule has 1 rings (SSSR count). The third kappa shape index (κ3) is 5.95. The highest BCUT2D eigenvalue weighted by atomic mass is 15.2. The maximum atomic E-state index is 4.57. The number of nitrogens with zero attached hydrogens (tertiary/aromatic N) is 3. The molecule has 0 amide bonds. The van der Waals surface area contributed by atoms with Crippen molar-refractivity contribution < 1.29 is 0 Å². The third-order valence-electron chi connectivity index (χ3n) is 3.75. The summed E-state index contributed by atoms with van der Waals surface area (Å²) >= 11 is 0. The van der Waals surface area contributed by atoms with Crippen molar-refractivity contribution in [2.24, 2.45) is 0 Å². The molecule has 116 valence electrons. The smallest absolute Gasteiger partial charge is 0.203 e. The first-order chi connectivity index (χ1) is 9.54. The summed E-state index contributed by atoms with van der Waals surface area (Å²) in [5.41, 5.74) is 1.10. The second-order valence-corrected chi connectivity index (χ2v) is 5.96. The maximum absolute atomic E-state index is 4.57. The number of hydrogen-bond acceptors (Lipinski definition) is 3. The second-order valence-electron chi connectivity index (χ2n) is 5.96. The minimum atomic E-state index is 0.638. The van der Waals surface area contributed by atoms with Gasteiger partial charge in [0, 0.05) is 25.3 Å². The van der Waals surface area contributed by atoms with E-state index in [0.29, 0.717) is 6.04 Å². The molecule has 0 bridgehead atoms. The largest absolute Gasteiger partial charge is 0.356 e. The monoisotopic (exact) mass is 280 g/mol. The highest BCUT2D eigenvalue weighted by molar-refractivity contribution is 5.28. The molecule has 1 aromatic rings. The van der Waals surface area contributed by atoms with E-state index in [1.807, 2.05) is 0 Å². The van der Waals surface area contributed by atoms with Crippen molar-refractivity contribution in [1.29, 1.82) is 0 Å². The summed E-state index contributed by atoms with van der Waals surface area (Å²) in [5.74, 6) is 1.04. The van der Waals surface area contributed by atoms with E-state index in [9.17, 15) is 0 Å². The van der Waals surface area contributed by atoms with Crippen molar-refractivity contribution >= 4 is 5.95 Å². The van der Waals surface area contributed by atoms with Gasteiger partial charge in [-0.3, -0.25) is 0 Å². The fraction of sp³-hybridized carbons (Fsp3) is 0.812. The Morgan fingerprint density at radius 3 is 2.70 bits per heavy atom. The van der Waals surface area contributed by atoms with Gasteiger partial charge in [0.15, 0.2) is 0 Å². The first-order valence-corrected chi connectivity index (χ1v) is 8.02. The molecular weight excluding hydrogens is 248 g/mol. The van der Waals surface area contributed by atoms with Crippen LogP contribution in [0.25, 0.3) is 0 Å². The van der Waals surface area contributed by atoms with Crippen LogP contribution in [0.4, 0.5) is 5.95 Å². The fourth-order valence-electron chi connectivity index (χ4n) is 2.13. The summed E-state index contributed by atoms with van der Waals surface area (Å²) in [6, 6.07) is 0.638. The zero-order chi connectivity index (χ0) is 15.0. The number of aromatic nitrogens is 2. The maximum Gasteiger partial charge on any atom is 0.203 e. The highest BCUT2D eigenvalue weighted by Crippen LogP contribution is 2.10. The summed E-state index contributed by atoms with van der Waals surface area (Å²) in [4.78, 5) is 6.96. The SMILES string of the molecule is CCCCn1cc(C)nc1NCCCCN(C)C(C)C. The first-order valence-electron chi connectivity index (χ1n) is 8.02. The molecule has 4 nitrogen and oxygen atoms in total. The number of imidazole rings is 1. The van der Waals surface area contributed by atoms with Crippen LogP contribution in [0.1, 0.15) is 52.1 Å². The standard InChI is InChI=1S/C16H32N4/c1-6-7-12-20-13-15(4)18-16(20)17-10-8-9-11-19(5)14(2)3/h13-14H,6-12H2,1-5H3,(H,17,18). The summed E-state index contributed by atoms with van der Waals surface area (Å²) in [6.45, 7) is 12.0. The van der Waals surface area contributed by atoms with Crippen molar-refractivity contribution in [1.82, 2.24) is 14.5 Å². The van der Waals surface area contributed by atoms with Gasteiger partial charge in [-0.2, -0.15) is 0 Å². The lowest BCUT2D eigenvalue weighted by molar-refractivity contribution is 0.269. The summed E-state index contributed by atoms with van der Waals surface area (Å²) in [7, 11) is 2.19. The van der Waals surface area contributed by atoms with Crippen LogP contribution in [-0.2, 0) is 6.54 Å². The van der Waals surface area contributed by atoms with Gasteiger partial charge in [-0.05, 0) is 53.6 Å². The molecule has 0 unspecified atom stereocenters. The van der Waals surface area contributed by atoms with Crippen LogP contribution in [0.15, 0.2) is 6.20 Å². The number of hydrogen-bond donors (Lipinski definition) is 1. The van der Waals surface area contributed by atoms with Gasteiger partial charge in [0.25, 0.3) is 0 Å². The topological polar surface area (TPSA) is 33.1 Å². The van der Waals surface area contributed by atoms with Crippen molar-refractivity contribution in [3.05, 3.63) is 11.9 Å². The number of anilines is 1. The molecule has 20 heavy (non-hydrogen) atoms. The zero-order valence-electron chi connectivity index (χ0n) is 13.9. The molecule has 1 N–H and O–H groups in total. The Morgan fingerprint density at radius 1 is 1.30 bits per heavy atom. The quantitative estimate of drug-likeness (QED) is 0.666. The Balaban J connectivity index is 2.27. The molecule has 4 heteroatoms. The van der Waals surface area contributed by atoms with E-state index in [4.69, 9.17) is 0 Å². The minimum absolute atomic E-state index is 0.638. The molecule has 0 aromatic carbocycles. The molecular formula is C16H32N4. The molecule has 1 aromatic heterocycles. The first kappa shape index (κ1) is 17.0. The van der Waals surface area contributed by atoms with Gasteiger partial charge in [-0.15, -0.1) is 0 Å². The minimum Gasteiger partial charge on any atom is -0.356 e. The lowest BCUT2D eigenvalue weighted by atomic mass is 10.2. The Labute approximate surface area is 124 Å².